The second kappa shape index (κ2) is 17.6. The van der Waals surface area contributed by atoms with Crippen LogP contribution in [0.1, 0.15) is 51.5 Å². The van der Waals surface area contributed by atoms with Gasteiger partial charge in [0.2, 0.25) is 17.7 Å². The number of nitrogens with one attached hydrogen (secondary N) is 5. The van der Waals surface area contributed by atoms with Crippen molar-refractivity contribution in [1.29, 1.82) is 0 Å². The van der Waals surface area contributed by atoms with Crippen LogP contribution in [-0.2, 0) is 35.2 Å². The lowest BCUT2D eigenvalue weighted by atomic mass is 9.90. The zero-order valence-corrected chi connectivity index (χ0v) is 24.5. The predicted octanol–water partition coefficient (Wildman–Crippen LogP) is 0.0579. The van der Waals surface area contributed by atoms with Crippen molar-refractivity contribution in [1.82, 2.24) is 26.3 Å². The number of amides is 3. The van der Waals surface area contributed by atoms with Crippen molar-refractivity contribution in [2.75, 3.05) is 19.6 Å². The summed E-state index contributed by atoms with van der Waals surface area (Å²) in [7, 11) is 0. The van der Waals surface area contributed by atoms with E-state index in [9.17, 15) is 33.9 Å². The SMILES string of the molecule is CCNCC[C@H](N)C(=O)C[C@H](Cc1c[nH]c2ccccc12)C(=O)NCC[C@@H](NC(=O)[C@@H](CCC(=O)O)NC(C)=O)C(=O)O. The molecule has 0 spiro atoms. The first-order chi connectivity index (χ1) is 20.4. The summed E-state index contributed by atoms with van der Waals surface area (Å²) in [6.45, 7) is 4.25. The lowest BCUT2D eigenvalue weighted by Gasteiger charge is -2.22. The first kappa shape index (κ1) is 34.9. The fourth-order valence-electron chi connectivity index (χ4n) is 4.61. The molecule has 9 N–H and O–H groups in total. The highest BCUT2D eigenvalue weighted by Crippen LogP contribution is 2.23. The number of carboxylic acid groups (broad SMARTS) is 2. The molecule has 0 aliphatic carbocycles. The zero-order chi connectivity index (χ0) is 31.9. The average molecular weight is 603 g/mol. The molecule has 2 aromatic rings. The average Bonchev–Trinajstić information content (AvgIpc) is 3.36. The van der Waals surface area contributed by atoms with Gasteiger partial charge in [-0.15, -0.1) is 0 Å². The number of H-pyrrole nitrogens is 1. The number of hydrogen-bond acceptors (Lipinski definition) is 8. The third kappa shape index (κ3) is 11.8. The van der Waals surface area contributed by atoms with Crippen LogP contribution in [-0.4, -0.2) is 88.4 Å². The highest BCUT2D eigenvalue weighted by atomic mass is 16.4. The number of ketones is 1. The minimum Gasteiger partial charge on any atom is -0.481 e. The number of carbonyl (C=O) groups excluding carboxylic acids is 4. The van der Waals surface area contributed by atoms with E-state index in [1.54, 1.807) is 6.20 Å². The van der Waals surface area contributed by atoms with Crippen LogP contribution >= 0.6 is 0 Å². The Morgan fingerprint density at radius 2 is 1.65 bits per heavy atom. The van der Waals surface area contributed by atoms with Crippen LogP contribution in [0.25, 0.3) is 10.9 Å². The summed E-state index contributed by atoms with van der Waals surface area (Å²) in [5, 5.41) is 29.9. The lowest BCUT2D eigenvalue weighted by Crippen LogP contribution is -2.52. The van der Waals surface area contributed by atoms with Gasteiger partial charge in [-0.25, -0.2) is 4.79 Å². The summed E-state index contributed by atoms with van der Waals surface area (Å²) >= 11 is 0. The molecule has 0 unspecified atom stereocenters. The Morgan fingerprint density at radius 1 is 0.930 bits per heavy atom. The number of para-hydroxylation sites is 1. The Kier molecular flexibility index (Phi) is 14.3. The molecule has 0 saturated heterocycles. The number of fused-ring (bicyclic) bond motifs is 1. The van der Waals surface area contributed by atoms with Gasteiger partial charge in [0, 0.05) is 49.3 Å². The molecule has 0 aliphatic heterocycles. The number of aromatic amines is 1. The largest absolute Gasteiger partial charge is 0.481 e. The smallest absolute Gasteiger partial charge is 0.326 e. The summed E-state index contributed by atoms with van der Waals surface area (Å²) in [5.74, 6) is -5.51. The molecule has 2 rings (SSSR count). The fraction of sp³-hybridized carbons (Fsp3) is 0.517. The van der Waals surface area contributed by atoms with Crippen molar-refractivity contribution < 1.29 is 39.0 Å². The van der Waals surface area contributed by atoms with Gasteiger partial charge in [0.25, 0.3) is 0 Å². The quantitative estimate of drug-likeness (QED) is 0.0949. The van der Waals surface area contributed by atoms with Crippen LogP contribution in [0.3, 0.4) is 0 Å². The number of benzene rings is 1. The maximum Gasteiger partial charge on any atom is 0.326 e. The van der Waals surface area contributed by atoms with E-state index in [2.05, 4.69) is 26.3 Å². The topological polar surface area (TPSA) is 233 Å². The Morgan fingerprint density at radius 3 is 2.30 bits per heavy atom. The predicted molar refractivity (Wildman–Crippen MR) is 158 cm³/mol. The molecular formula is C29H42N6O8. The van der Waals surface area contributed by atoms with E-state index in [0.29, 0.717) is 13.0 Å². The van der Waals surface area contributed by atoms with Gasteiger partial charge in [0.15, 0.2) is 0 Å². The maximum absolute atomic E-state index is 13.3. The summed E-state index contributed by atoms with van der Waals surface area (Å²) in [5.41, 5.74) is 7.81. The van der Waals surface area contributed by atoms with E-state index in [-0.39, 0.29) is 38.0 Å². The minimum atomic E-state index is -1.43. The normalized spacial score (nSPS) is 13.8. The maximum atomic E-state index is 13.3. The second-order valence-corrected chi connectivity index (χ2v) is 10.3. The molecule has 14 heteroatoms. The van der Waals surface area contributed by atoms with Crippen molar-refractivity contribution in [3.63, 3.8) is 0 Å². The van der Waals surface area contributed by atoms with E-state index >= 15 is 0 Å². The van der Waals surface area contributed by atoms with Crippen molar-refractivity contribution in [2.45, 2.75) is 70.5 Å². The van der Waals surface area contributed by atoms with Gasteiger partial charge in [0.1, 0.15) is 17.9 Å². The number of Topliss-reactive ketones (excluding diaryl/α,β-unsaturated/α-hetero) is 1. The van der Waals surface area contributed by atoms with Crippen LogP contribution in [0.15, 0.2) is 30.5 Å². The van der Waals surface area contributed by atoms with Gasteiger partial charge in [-0.3, -0.25) is 24.0 Å². The molecule has 0 fully saturated rings. The molecule has 1 aromatic carbocycles. The minimum absolute atomic E-state index is 0.111. The van der Waals surface area contributed by atoms with Crippen molar-refractivity contribution in [3.05, 3.63) is 36.0 Å². The third-order valence-electron chi connectivity index (χ3n) is 6.94. The van der Waals surface area contributed by atoms with E-state index < -0.39 is 60.1 Å². The lowest BCUT2D eigenvalue weighted by molar-refractivity contribution is -0.143. The molecule has 3 amide bonds. The molecular weight excluding hydrogens is 560 g/mol. The number of carbonyl (C=O) groups is 6. The van der Waals surface area contributed by atoms with Crippen LogP contribution in [0.5, 0.6) is 0 Å². The Bertz CT molecular complexity index is 1280. The number of aliphatic carboxylic acids is 2. The standard InChI is InChI=1S/C29H42N6O8/c1-3-31-12-10-21(30)25(37)15-18(14-19-16-33-22-7-5-4-6-20(19)22)27(40)32-13-11-24(29(42)43)35-28(41)23(34-17(2)36)8-9-26(38)39/h4-7,16,18,21,23-24,31,33H,3,8-15,30H2,1-2H3,(H,32,40)(H,34,36)(H,35,41)(H,38,39)(H,42,43)/t18-,21-,23+,24+/m0/s1. The van der Waals surface area contributed by atoms with E-state index in [1.807, 2.05) is 31.2 Å². The first-order valence-corrected chi connectivity index (χ1v) is 14.3. The summed E-state index contributed by atoms with van der Waals surface area (Å²) in [4.78, 5) is 76.3. The van der Waals surface area contributed by atoms with Crippen LogP contribution in [0.2, 0.25) is 0 Å². The highest BCUT2D eigenvalue weighted by Gasteiger charge is 2.29. The summed E-state index contributed by atoms with van der Waals surface area (Å²) in [6, 6.07) is 4.13. The van der Waals surface area contributed by atoms with Crippen molar-refractivity contribution in [3.8, 4) is 0 Å². The molecule has 0 saturated carbocycles. The second-order valence-electron chi connectivity index (χ2n) is 10.3. The number of nitrogens with two attached hydrogens (primary N) is 1. The molecule has 14 nitrogen and oxygen atoms in total. The number of aromatic nitrogens is 1. The highest BCUT2D eigenvalue weighted by molar-refractivity contribution is 5.91. The van der Waals surface area contributed by atoms with Gasteiger partial charge in [-0.05, 0) is 50.4 Å². The number of rotatable bonds is 20. The van der Waals surface area contributed by atoms with Gasteiger partial charge in [0.05, 0.1) is 6.04 Å². The molecule has 1 heterocycles. The molecule has 0 aliphatic rings. The first-order valence-electron chi connectivity index (χ1n) is 14.3. The Hall–Kier alpha value is -4.30. The third-order valence-corrected chi connectivity index (χ3v) is 6.94. The van der Waals surface area contributed by atoms with E-state index in [1.165, 1.54) is 0 Å². The number of hydrogen-bond donors (Lipinski definition) is 8. The monoisotopic (exact) mass is 602 g/mol. The van der Waals surface area contributed by atoms with Crippen LogP contribution < -0.4 is 27.0 Å². The van der Waals surface area contributed by atoms with Crippen molar-refractivity contribution >= 4 is 46.3 Å². The molecule has 43 heavy (non-hydrogen) atoms. The van der Waals surface area contributed by atoms with E-state index in [0.717, 1.165) is 29.9 Å². The van der Waals surface area contributed by atoms with E-state index in [4.69, 9.17) is 10.8 Å². The van der Waals surface area contributed by atoms with Crippen LogP contribution in [0, 0.1) is 5.92 Å². The molecule has 1 aromatic heterocycles. The molecule has 0 radical (unpaired) electrons. The molecule has 0 bridgehead atoms. The van der Waals surface area contributed by atoms with Gasteiger partial charge in [-0.1, -0.05) is 25.1 Å². The van der Waals surface area contributed by atoms with Gasteiger partial charge in [-0.2, -0.15) is 0 Å². The van der Waals surface area contributed by atoms with Crippen molar-refractivity contribution in [2.24, 2.45) is 11.7 Å². The summed E-state index contributed by atoms with van der Waals surface area (Å²) in [6.07, 6.45) is 1.48. The van der Waals surface area contributed by atoms with Gasteiger partial charge < -0.3 is 42.2 Å². The fourth-order valence-corrected chi connectivity index (χ4v) is 4.61. The number of carboxylic acids is 2. The molecule has 236 valence electrons. The Labute approximate surface area is 249 Å². The molecule has 4 atom stereocenters. The van der Waals surface area contributed by atoms with Gasteiger partial charge >= 0.3 is 11.9 Å². The van der Waals surface area contributed by atoms with Crippen LogP contribution in [0.4, 0.5) is 0 Å². The summed E-state index contributed by atoms with van der Waals surface area (Å²) < 4.78 is 0. The zero-order valence-electron chi connectivity index (χ0n) is 24.5. The Balaban J connectivity index is 2.09.